The Morgan fingerprint density at radius 3 is 2.71 bits per heavy atom. The van der Waals surface area contributed by atoms with Crippen LogP contribution in [0.3, 0.4) is 0 Å². The molecule has 0 aliphatic carbocycles. The first-order valence-corrected chi connectivity index (χ1v) is 8.31. The summed E-state index contributed by atoms with van der Waals surface area (Å²) in [5.41, 5.74) is 0. The molecule has 2 aromatic rings. The second-order valence-electron chi connectivity index (χ2n) is 5.30. The van der Waals surface area contributed by atoms with E-state index in [4.69, 9.17) is 5.41 Å². The van der Waals surface area contributed by atoms with Crippen LogP contribution in [0.2, 0.25) is 0 Å². The molecule has 24 heavy (non-hydrogen) atoms. The van der Waals surface area contributed by atoms with Crippen LogP contribution in [0.25, 0.3) is 0 Å². The first kappa shape index (κ1) is 16.3. The molecule has 3 rings (SSSR count). The third kappa shape index (κ3) is 3.84. The number of carbonyl (C=O) groups is 2. The SMILES string of the molecule is N=C(CN1CCN(C(=O)n2ccnn2)CC1)NC(=O)c1cccs1. The van der Waals surface area contributed by atoms with Gasteiger partial charge in [-0.2, -0.15) is 4.68 Å². The van der Waals surface area contributed by atoms with Gasteiger partial charge in [-0.05, 0) is 11.4 Å². The largest absolute Gasteiger partial charge is 0.346 e. The first-order valence-electron chi connectivity index (χ1n) is 7.44. The number of piperazine rings is 1. The van der Waals surface area contributed by atoms with E-state index in [0.717, 1.165) is 0 Å². The van der Waals surface area contributed by atoms with Crippen molar-refractivity contribution in [2.24, 2.45) is 0 Å². The van der Waals surface area contributed by atoms with Crippen LogP contribution in [-0.2, 0) is 0 Å². The number of hydrogen-bond acceptors (Lipinski definition) is 7. The van der Waals surface area contributed by atoms with E-state index in [0.29, 0.717) is 37.6 Å². The molecular formula is C14H17N7O2S. The number of amides is 2. The lowest BCUT2D eigenvalue weighted by atomic mass is 10.3. The van der Waals surface area contributed by atoms with Crippen LogP contribution in [0.5, 0.6) is 0 Å². The standard InChI is InChI=1S/C14H17N7O2S/c15-12(17-13(22)11-2-1-9-24-11)10-19-5-7-20(8-6-19)14(23)21-4-3-16-18-21/h1-4,9H,5-8,10H2,(H2,15,17,22). The molecule has 0 aromatic carbocycles. The number of nitrogens with one attached hydrogen (secondary N) is 2. The van der Waals surface area contributed by atoms with Gasteiger partial charge in [0.2, 0.25) is 0 Å². The maximum Gasteiger partial charge on any atom is 0.346 e. The molecule has 2 aromatic heterocycles. The number of hydrogen-bond donors (Lipinski definition) is 2. The minimum Gasteiger partial charge on any atom is -0.320 e. The Balaban J connectivity index is 1.44. The number of aromatic nitrogens is 3. The van der Waals surface area contributed by atoms with Gasteiger partial charge in [0.15, 0.2) is 0 Å². The lowest BCUT2D eigenvalue weighted by molar-refractivity contribution is 0.0978. The van der Waals surface area contributed by atoms with Crippen molar-refractivity contribution < 1.29 is 9.59 Å². The predicted octanol–water partition coefficient (Wildman–Crippen LogP) is 0.333. The molecule has 1 saturated heterocycles. The van der Waals surface area contributed by atoms with Crippen molar-refractivity contribution in [2.75, 3.05) is 32.7 Å². The van der Waals surface area contributed by atoms with Gasteiger partial charge in [-0.3, -0.25) is 15.1 Å². The summed E-state index contributed by atoms with van der Waals surface area (Å²) in [7, 11) is 0. The summed E-state index contributed by atoms with van der Waals surface area (Å²) >= 11 is 1.34. The zero-order chi connectivity index (χ0) is 16.9. The molecule has 0 unspecified atom stereocenters. The van der Waals surface area contributed by atoms with Gasteiger partial charge in [0.1, 0.15) is 5.84 Å². The van der Waals surface area contributed by atoms with E-state index in [1.54, 1.807) is 17.0 Å². The van der Waals surface area contributed by atoms with Crippen LogP contribution < -0.4 is 5.32 Å². The Labute approximate surface area is 142 Å². The molecule has 10 heteroatoms. The summed E-state index contributed by atoms with van der Waals surface area (Å²) in [5, 5.41) is 19.7. The molecule has 1 aliphatic rings. The van der Waals surface area contributed by atoms with Crippen LogP contribution in [0.15, 0.2) is 29.9 Å². The van der Waals surface area contributed by atoms with E-state index >= 15 is 0 Å². The highest BCUT2D eigenvalue weighted by molar-refractivity contribution is 7.12. The highest BCUT2D eigenvalue weighted by Crippen LogP contribution is 2.08. The Morgan fingerprint density at radius 2 is 2.08 bits per heavy atom. The zero-order valence-corrected chi connectivity index (χ0v) is 13.7. The molecule has 3 heterocycles. The molecule has 0 spiro atoms. The number of thiophene rings is 1. The van der Waals surface area contributed by atoms with Crippen molar-refractivity contribution in [1.29, 1.82) is 5.41 Å². The van der Waals surface area contributed by atoms with Crippen molar-refractivity contribution in [2.45, 2.75) is 0 Å². The fourth-order valence-corrected chi connectivity index (χ4v) is 3.04. The maximum absolute atomic E-state index is 12.1. The average molecular weight is 347 g/mol. The second-order valence-corrected chi connectivity index (χ2v) is 6.25. The van der Waals surface area contributed by atoms with Crippen LogP contribution in [0, 0.1) is 5.41 Å². The molecule has 126 valence electrons. The van der Waals surface area contributed by atoms with Gasteiger partial charge < -0.3 is 10.2 Å². The van der Waals surface area contributed by atoms with E-state index < -0.39 is 0 Å². The topological polar surface area (TPSA) is 107 Å². The minimum atomic E-state index is -0.255. The average Bonchev–Trinajstić information content (AvgIpc) is 3.28. The van der Waals surface area contributed by atoms with E-state index in [2.05, 4.69) is 15.6 Å². The molecule has 0 bridgehead atoms. The van der Waals surface area contributed by atoms with Crippen molar-refractivity contribution in [1.82, 2.24) is 30.1 Å². The van der Waals surface area contributed by atoms with Crippen LogP contribution in [0.1, 0.15) is 9.67 Å². The molecule has 0 radical (unpaired) electrons. The summed E-state index contributed by atoms with van der Waals surface area (Å²) in [6.07, 6.45) is 2.98. The van der Waals surface area contributed by atoms with Crippen molar-refractivity contribution in [3.63, 3.8) is 0 Å². The van der Waals surface area contributed by atoms with E-state index in [-0.39, 0.29) is 17.8 Å². The van der Waals surface area contributed by atoms with Gasteiger partial charge in [-0.15, -0.1) is 16.4 Å². The summed E-state index contributed by atoms with van der Waals surface area (Å²) in [6.45, 7) is 2.72. The third-order valence-electron chi connectivity index (χ3n) is 3.65. The number of nitrogens with zero attached hydrogens (tertiary/aromatic N) is 5. The van der Waals surface area contributed by atoms with Crippen molar-refractivity contribution >= 4 is 29.1 Å². The monoisotopic (exact) mass is 347 g/mol. The lowest BCUT2D eigenvalue weighted by Crippen LogP contribution is -2.52. The fourth-order valence-electron chi connectivity index (χ4n) is 2.42. The van der Waals surface area contributed by atoms with E-state index in [9.17, 15) is 9.59 Å². The first-order chi connectivity index (χ1) is 11.6. The summed E-state index contributed by atoms with van der Waals surface area (Å²) in [4.78, 5) is 28.3. The number of carbonyl (C=O) groups excluding carboxylic acids is 2. The van der Waals surface area contributed by atoms with Crippen LogP contribution in [0.4, 0.5) is 4.79 Å². The van der Waals surface area contributed by atoms with E-state index in [1.807, 2.05) is 10.3 Å². The Morgan fingerprint density at radius 1 is 1.29 bits per heavy atom. The fraction of sp³-hybridized carbons (Fsp3) is 0.357. The number of rotatable bonds is 3. The molecule has 9 nitrogen and oxygen atoms in total. The molecule has 2 N–H and O–H groups in total. The highest BCUT2D eigenvalue weighted by atomic mass is 32.1. The normalized spacial score (nSPS) is 15.2. The van der Waals surface area contributed by atoms with Gasteiger partial charge in [0, 0.05) is 26.2 Å². The van der Waals surface area contributed by atoms with Crippen LogP contribution in [-0.4, -0.2) is 75.3 Å². The molecule has 2 amide bonds. The van der Waals surface area contributed by atoms with Crippen LogP contribution >= 0.6 is 11.3 Å². The smallest absolute Gasteiger partial charge is 0.320 e. The number of amidine groups is 1. The highest BCUT2D eigenvalue weighted by Gasteiger charge is 2.23. The molecule has 0 saturated carbocycles. The molecule has 1 fully saturated rings. The van der Waals surface area contributed by atoms with Gasteiger partial charge in [0.25, 0.3) is 5.91 Å². The Hall–Kier alpha value is -2.59. The Bertz CT molecular complexity index is 706. The quantitative estimate of drug-likeness (QED) is 0.615. The zero-order valence-electron chi connectivity index (χ0n) is 12.9. The predicted molar refractivity (Wildman–Crippen MR) is 88.3 cm³/mol. The molecular weight excluding hydrogens is 330 g/mol. The summed E-state index contributed by atoms with van der Waals surface area (Å²) < 4.78 is 1.21. The van der Waals surface area contributed by atoms with Gasteiger partial charge in [-0.1, -0.05) is 11.3 Å². The van der Waals surface area contributed by atoms with Gasteiger partial charge >= 0.3 is 6.03 Å². The minimum absolute atomic E-state index is 0.157. The second kappa shape index (κ2) is 7.32. The lowest BCUT2D eigenvalue weighted by Gasteiger charge is -2.34. The Kier molecular flexibility index (Phi) is 4.96. The molecule has 1 aliphatic heterocycles. The van der Waals surface area contributed by atoms with Crippen molar-refractivity contribution in [3.05, 3.63) is 34.8 Å². The van der Waals surface area contributed by atoms with E-state index in [1.165, 1.54) is 28.4 Å². The third-order valence-corrected chi connectivity index (χ3v) is 4.52. The van der Waals surface area contributed by atoms with Gasteiger partial charge in [0.05, 0.1) is 23.8 Å². The van der Waals surface area contributed by atoms with Crippen molar-refractivity contribution in [3.8, 4) is 0 Å². The van der Waals surface area contributed by atoms with Gasteiger partial charge in [-0.25, -0.2) is 4.79 Å². The summed E-state index contributed by atoms with van der Waals surface area (Å²) in [5.74, 6) is -0.0977. The molecule has 0 atom stereocenters. The maximum atomic E-state index is 12.1. The summed E-state index contributed by atoms with van der Waals surface area (Å²) in [6, 6.07) is 3.32.